The molecule has 19 heavy (non-hydrogen) atoms. The SMILES string of the molecule is Cc1ccc(C)c(OCc2ccc(CN)cc2)c1C. The summed E-state index contributed by atoms with van der Waals surface area (Å²) in [5.41, 5.74) is 11.6. The Morgan fingerprint density at radius 1 is 0.842 bits per heavy atom. The average molecular weight is 255 g/mol. The van der Waals surface area contributed by atoms with Crippen LogP contribution in [0, 0.1) is 20.8 Å². The van der Waals surface area contributed by atoms with Gasteiger partial charge in [-0.25, -0.2) is 0 Å². The molecular formula is C17H21NO. The Balaban J connectivity index is 2.12. The van der Waals surface area contributed by atoms with Crippen molar-refractivity contribution in [3.63, 3.8) is 0 Å². The van der Waals surface area contributed by atoms with Crippen molar-refractivity contribution in [1.82, 2.24) is 0 Å². The van der Waals surface area contributed by atoms with Crippen molar-refractivity contribution in [3.8, 4) is 5.75 Å². The molecule has 0 bridgehead atoms. The highest BCUT2D eigenvalue weighted by Crippen LogP contribution is 2.26. The minimum Gasteiger partial charge on any atom is -0.488 e. The van der Waals surface area contributed by atoms with Crippen LogP contribution >= 0.6 is 0 Å². The van der Waals surface area contributed by atoms with Crippen molar-refractivity contribution < 1.29 is 4.74 Å². The zero-order valence-corrected chi connectivity index (χ0v) is 11.9. The summed E-state index contributed by atoms with van der Waals surface area (Å²) in [5.74, 6) is 1.00. The summed E-state index contributed by atoms with van der Waals surface area (Å²) in [5, 5.41) is 0. The molecule has 0 saturated heterocycles. The third-order valence-corrected chi connectivity index (χ3v) is 3.52. The smallest absolute Gasteiger partial charge is 0.125 e. The van der Waals surface area contributed by atoms with Gasteiger partial charge in [0, 0.05) is 6.54 Å². The quantitative estimate of drug-likeness (QED) is 0.905. The molecule has 0 unspecified atom stereocenters. The van der Waals surface area contributed by atoms with E-state index in [1.165, 1.54) is 16.7 Å². The van der Waals surface area contributed by atoms with E-state index in [1.807, 2.05) is 0 Å². The van der Waals surface area contributed by atoms with Crippen LogP contribution in [0.2, 0.25) is 0 Å². The lowest BCUT2D eigenvalue weighted by molar-refractivity contribution is 0.301. The van der Waals surface area contributed by atoms with Gasteiger partial charge in [0.25, 0.3) is 0 Å². The lowest BCUT2D eigenvalue weighted by Crippen LogP contribution is -2.01. The van der Waals surface area contributed by atoms with Gasteiger partial charge in [-0.1, -0.05) is 36.4 Å². The zero-order valence-electron chi connectivity index (χ0n) is 11.9. The number of ether oxygens (including phenoxy) is 1. The Labute approximate surface area is 115 Å². The molecule has 100 valence electrons. The average Bonchev–Trinajstić information content (AvgIpc) is 2.44. The Morgan fingerprint density at radius 3 is 2.05 bits per heavy atom. The molecule has 0 spiro atoms. The highest BCUT2D eigenvalue weighted by Gasteiger charge is 2.06. The maximum Gasteiger partial charge on any atom is 0.125 e. The Morgan fingerprint density at radius 2 is 1.42 bits per heavy atom. The van der Waals surface area contributed by atoms with Crippen molar-refractivity contribution in [2.24, 2.45) is 5.73 Å². The summed E-state index contributed by atoms with van der Waals surface area (Å²) < 4.78 is 5.98. The van der Waals surface area contributed by atoms with Gasteiger partial charge in [0.1, 0.15) is 12.4 Å². The number of aryl methyl sites for hydroxylation is 2. The van der Waals surface area contributed by atoms with E-state index in [1.54, 1.807) is 0 Å². The van der Waals surface area contributed by atoms with Gasteiger partial charge in [0.15, 0.2) is 0 Å². The molecule has 0 aliphatic heterocycles. The predicted molar refractivity (Wildman–Crippen MR) is 79.3 cm³/mol. The van der Waals surface area contributed by atoms with Crippen molar-refractivity contribution in [2.75, 3.05) is 0 Å². The van der Waals surface area contributed by atoms with Gasteiger partial charge in [-0.05, 0) is 48.6 Å². The summed E-state index contributed by atoms with van der Waals surface area (Å²) in [7, 11) is 0. The van der Waals surface area contributed by atoms with Crippen LogP contribution in [0.1, 0.15) is 27.8 Å². The van der Waals surface area contributed by atoms with Crippen LogP contribution < -0.4 is 10.5 Å². The fourth-order valence-corrected chi connectivity index (χ4v) is 2.07. The molecule has 2 heteroatoms. The molecule has 2 rings (SSSR count). The summed E-state index contributed by atoms with van der Waals surface area (Å²) >= 11 is 0. The molecule has 0 aliphatic rings. The number of benzene rings is 2. The standard InChI is InChI=1S/C17H21NO/c1-12-4-5-13(2)17(14(12)3)19-11-16-8-6-15(10-18)7-9-16/h4-9H,10-11,18H2,1-3H3. The lowest BCUT2D eigenvalue weighted by Gasteiger charge is -2.14. The van der Waals surface area contributed by atoms with Crippen molar-refractivity contribution >= 4 is 0 Å². The van der Waals surface area contributed by atoms with Crippen LogP contribution in [0.15, 0.2) is 36.4 Å². The third kappa shape index (κ3) is 3.15. The largest absolute Gasteiger partial charge is 0.488 e. The molecule has 2 N–H and O–H groups in total. The van der Waals surface area contributed by atoms with E-state index in [-0.39, 0.29) is 0 Å². The molecule has 0 aromatic heterocycles. The molecule has 0 aliphatic carbocycles. The summed E-state index contributed by atoms with van der Waals surface area (Å²) in [6, 6.07) is 12.5. The van der Waals surface area contributed by atoms with E-state index in [9.17, 15) is 0 Å². The normalized spacial score (nSPS) is 10.5. The number of hydrogen-bond donors (Lipinski definition) is 1. The fraction of sp³-hybridized carbons (Fsp3) is 0.294. The second-order valence-corrected chi connectivity index (χ2v) is 4.96. The van der Waals surface area contributed by atoms with E-state index < -0.39 is 0 Å². The maximum atomic E-state index is 5.98. The summed E-state index contributed by atoms with van der Waals surface area (Å²) in [4.78, 5) is 0. The van der Waals surface area contributed by atoms with Crippen molar-refractivity contribution in [3.05, 3.63) is 64.2 Å². The van der Waals surface area contributed by atoms with Crippen LogP contribution in [0.25, 0.3) is 0 Å². The maximum absolute atomic E-state index is 5.98. The van der Waals surface area contributed by atoms with Crippen LogP contribution in [0.5, 0.6) is 5.75 Å². The van der Waals surface area contributed by atoms with E-state index >= 15 is 0 Å². The molecule has 2 aromatic rings. The highest BCUT2D eigenvalue weighted by atomic mass is 16.5. The Bertz CT molecular complexity index is 558. The van der Waals surface area contributed by atoms with E-state index in [2.05, 4.69) is 57.2 Å². The molecule has 0 heterocycles. The fourth-order valence-electron chi connectivity index (χ4n) is 2.07. The molecule has 2 aromatic carbocycles. The Kier molecular flexibility index (Phi) is 4.23. The minimum atomic E-state index is 0.581. The van der Waals surface area contributed by atoms with Gasteiger partial charge in [-0.15, -0.1) is 0 Å². The first-order chi connectivity index (χ1) is 9.11. The predicted octanol–water partition coefficient (Wildman–Crippen LogP) is 3.65. The topological polar surface area (TPSA) is 35.2 Å². The van der Waals surface area contributed by atoms with Gasteiger partial charge in [0.05, 0.1) is 0 Å². The van der Waals surface area contributed by atoms with E-state index in [4.69, 9.17) is 10.5 Å². The molecule has 2 nitrogen and oxygen atoms in total. The van der Waals surface area contributed by atoms with Gasteiger partial charge in [-0.3, -0.25) is 0 Å². The molecule has 0 fully saturated rings. The number of hydrogen-bond acceptors (Lipinski definition) is 2. The molecule has 0 saturated carbocycles. The second kappa shape index (κ2) is 5.89. The van der Waals surface area contributed by atoms with Gasteiger partial charge in [-0.2, -0.15) is 0 Å². The van der Waals surface area contributed by atoms with Crippen LogP contribution in [0.4, 0.5) is 0 Å². The van der Waals surface area contributed by atoms with E-state index in [0.29, 0.717) is 13.2 Å². The molecule has 0 radical (unpaired) electrons. The monoisotopic (exact) mass is 255 g/mol. The minimum absolute atomic E-state index is 0.581. The molecule has 0 amide bonds. The van der Waals surface area contributed by atoms with Gasteiger partial charge >= 0.3 is 0 Å². The van der Waals surface area contributed by atoms with Gasteiger partial charge in [0.2, 0.25) is 0 Å². The summed E-state index contributed by atoms with van der Waals surface area (Å²) in [6.45, 7) is 7.47. The first-order valence-corrected chi connectivity index (χ1v) is 6.59. The van der Waals surface area contributed by atoms with Crippen LogP contribution in [-0.2, 0) is 13.2 Å². The van der Waals surface area contributed by atoms with Gasteiger partial charge < -0.3 is 10.5 Å². The molecular weight excluding hydrogens is 234 g/mol. The number of rotatable bonds is 4. The van der Waals surface area contributed by atoms with Crippen LogP contribution in [0.3, 0.4) is 0 Å². The second-order valence-electron chi connectivity index (χ2n) is 4.96. The highest BCUT2D eigenvalue weighted by molar-refractivity contribution is 5.44. The number of nitrogens with two attached hydrogens (primary N) is 1. The first kappa shape index (κ1) is 13.6. The Hall–Kier alpha value is -1.80. The van der Waals surface area contributed by atoms with E-state index in [0.717, 1.165) is 16.9 Å². The summed E-state index contributed by atoms with van der Waals surface area (Å²) in [6.07, 6.45) is 0. The molecule has 0 atom stereocenters. The zero-order chi connectivity index (χ0) is 13.8. The first-order valence-electron chi connectivity index (χ1n) is 6.59. The van der Waals surface area contributed by atoms with Crippen LogP contribution in [-0.4, -0.2) is 0 Å². The lowest BCUT2D eigenvalue weighted by atomic mass is 10.1. The van der Waals surface area contributed by atoms with Crippen molar-refractivity contribution in [1.29, 1.82) is 0 Å². The van der Waals surface area contributed by atoms with Crippen molar-refractivity contribution in [2.45, 2.75) is 33.9 Å². The third-order valence-electron chi connectivity index (χ3n) is 3.52.